The molecule has 120 valence electrons. The highest BCUT2D eigenvalue weighted by molar-refractivity contribution is 5.98. The maximum absolute atomic E-state index is 13.1. The summed E-state index contributed by atoms with van der Waals surface area (Å²) in [6.45, 7) is 1.28. The molecule has 1 aromatic carbocycles. The molecule has 0 saturated heterocycles. The second-order valence-corrected chi connectivity index (χ2v) is 4.83. The van der Waals surface area contributed by atoms with E-state index < -0.39 is 24.2 Å². The van der Waals surface area contributed by atoms with Crippen molar-refractivity contribution >= 4 is 11.6 Å². The molecular formula is C13H13F3N2O4. The molecule has 1 heterocycles. The summed E-state index contributed by atoms with van der Waals surface area (Å²) in [6.07, 6.45) is -5.89. The summed E-state index contributed by atoms with van der Waals surface area (Å²) in [7, 11) is 1.23. The zero-order valence-corrected chi connectivity index (χ0v) is 11.7. The van der Waals surface area contributed by atoms with Crippen LogP contribution in [-0.4, -0.2) is 45.9 Å². The smallest absolute Gasteiger partial charge is 0.438 e. The van der Waals surface area contributed by atoms with Gasteiger partial charge in [-0.3, -0.25) is 4.79 Å². The topological polar surface area (TPSA) is 82.4 Å². The van der Waals surface area contributed by atoms with E-state index in [-0.39, 0.29) is 27.8 Å². The van der Waals surface area contributed by atoms with E-state index >= 15 is 0 Å². The number of rotatable bonds is 2. The predicted molar refractivity (Wildman–Crippen MR) is 69.6 cm³/mol. The Kier molecular flexibility index (Phi) is 3.78. The van der Waals surface area contributed by atoms with Crippen LogP contribution < -0.4 is 4.74 Å². The van der Waals surface area contributed by atoms with Gasteiger partial charge in [-0.1, -0.05) is 0 Å². The molecule has 0 radical (unpaired) electrons. The van der Waals surface area contributed by atoms with E-state index in [2.05, 4.69) is 5.10 Å². The van der Waals surface area contributed by atoms with E-state index in [0.717, 1.165) is 18.2 Å². The summed E-state index contributed by atoms with van der Waals surface area (Å²) in [5.41, 5.74) is -3.63. The number of benzene rings is 1. The van der Waals surface area contributed by atoms with Crippen LogP contribution in [0.4, 0.5) is 13.2 Å². The maximum atomic E-state index is 13.1. The van der Waals surface area contributed by atoms with Gasteiger partial charge in [-0.15, -0.1) is 0 Å². The molecule has 0 spiro atoms. The molecule has 1 amide bonds. The number of halogens is 3. The highest BCUT2D eigenvalue weighted by atomic mass is 19.4. The zero-order valence-electron chi connectivity index (χ0n) is 11.7. The standard InChI is InChI=1S/C13H13F3N2O4/c1-7-6-12(21,13(14,15)16)18(17-7)11(20)8-3-4-9(19)10(5-8)22-2/h3-5,19,21H,6H2,1-2H3/t12-/m0/s1. The lowest BCUT2D eigenvalue weighted by molar-refractivity contribution is -0.297. The van der Waals surface area contributed by atoms with Gasteiger partial charge in [-0.25, -0.2) is 0 Å². The zero-order chi connectivity index (χ0) is 16.7. The van der Waals surface area contributed by atoms with Crippen LogP contribution in [0.15, 0.2) is 23.3 Å². The van der Waals surface area contributed by atoms with Crippen LogP contribution in [-0.2, 0) is 0 Å². The molecule has 0 fully saturated rings. The molecule has 1 aliphatic rings. The van der Waals surface area contributed by atoms with Crippen LogP contribution in [0.2, 0.25) is 0 Å². The number of carbonyl (C=O) groups is 1. The maximum Gasteiger partial charge on any atom is 0.438 e. The number of nitrogens with zero attached hydrogens (tertiary/aromatic N) is 2. The fraction of sp³-hybridized carbons (Fsp3) is 0.385. The average molecular weight is 318 g/mol. The van der Waals surface area contributed by atoms with Crippen LogP contribution in [0.5, 0.6) is 11.5 Å². The van der Waals surface area contributed by atoms with Gasteiger partial charge in [0.2, 0.25) is 0 Å². The van der Waals surface area contributed by atoms with Crippen molar-refractivity contribution in [3.63, 3.8) is 0 Å². The third kappa shape index (κ3) is 2.47. The van der Waals surface area contributed by atoms with Crippen molar-refractivity contribution < 1.29 is 32.9 Å². The van der Waals surface area contributed by atoms with Gasteiger partial charge >= 0.3 is 6.18 Å². The minimum Gasteiger partial charge on any atom is -0.504 e. The second-order valence-electron chi connectivity index (χ2n) is 4.83. The minimum atomic E-state index is -5.06. The summed E-state index contributed by atoms with van der Waals surface area (Å²) in [4.78, 5) is 12.3. The predicted octanol–water partition coefficient (Wildman–Crippen LogP) is 1.87. The van der Waals surface area contributed by atoms with Gasteiger partial charge < -0.3 is 14.9 Å². The van der Waals surface area contributed by atoms with Gasteiger partial charge in [-0.05, 0) is 25.1 Å². The number of hydrogen-bond donors (Lipinski definition) is 2. The number of phenols is 1. The van der Waals surface area contributed by atoms with Gasteiger partial charge in [0.15, 0.2) is 11.5 Å². The van der Waals surface area contributed by atoms with Crippen LogP contribution in [0.3, 0.4) is 0 Å². The summed E-state index contributed by atoms with van der Waals surface area (Å²) in [6, 6.07) is 3.28. The van der Waals surface area contributed by atoms with E-state index in [0.29, 0.717) is 0 Å². The van der Waals surface area contributed by atoms with Gasteiger partial charge in [0.25, 0.3) is 11.6 Å². The van der Waals surface area contributed by atoms with Gasteiger partial charge in [0.1, 0.15) is 0 Å². The van der Waals surface area contributed by atoms with E-state index in [1.165, 1.54) is 14.0 Å². The van der Waals surface area contributed by atoms with E-state index in [1.54, 1.807) is 0 Å². The van der Waals surface area contributed by atoms with Gasteiger partial charge in [-0.2, -0.15) is 23.3 Å². The number of hydrazone groups is 1. The molecule has 2 N–H and O–H groups in total. The Bertz CT molecular complexity index is 645. The quantitative estimate of drug-likeness (QED) is 0.872. The van der Waals surface area contributed by atoms with E-state index in [1.807, 2.05) is 0 Å². The lowest BCUT2D eigenvalue weighted by atomic mass is 10.1. The van der Waals surface area contributed by atoms with E-state index in [9.17, 15) is 28.2 Å². The Labute approximate surface area is 123 Å². The summed E-state index contributed by atoms with van der Waals surface area (Å²) < 4.78 is 44.0. The first kappa shape index (κ1) is 16.1. The minimum absolute atomic E-state index is 0.00809. The molecule has 1 atom stereocenters. The number of alkyl halides is 3. The first-order chi connectivity index (χ1) is 10.1. The van der Waals surface area contributed by atoms with Crippen LogP contribution in [0, 0.1) is 0 Å². The van der Waals surface area contributed by atoms with Crippen molar-refractivity contribution in [3.05, 3.63) is 23.8 Å². The second kappa shape index (κ2) is 5.16. The van der Waals surface area contributed by atoms with E-state index in [4.69, 9.17) is 4.74 Å². The highest BCUT2D eigenvalue weighted by Crippen LogP contribution is 2.41. The van der Waals surface area contributed by atoms with Crippen LogP contribution in [0.25, 0.3) is 0 Å². The molecule has 0 bridgehead atoms. The number of aromatic hydroxyl groups is 1. The third-order valence-electron chi connectivity index (χ3n) is 3.20. The largest absolute Gasteiger partial charge is 0.504 e. The normalized spacial score (nSPS) is 21.7. The van der Waals surface area contributed by atoms with Crippen molar-refractivity contribution in [1.29, 1.82) is 0 Å². The SMILES string of the molecule is COc1cc(C(=O)N2N=C(C)C[C@]2(O)C(F)(F)F)ccc1O. The number of aliphatic hydroxyl groups is 1. The number of amides is 1. The average Bonchev–Trinajstić information content (AvgIpc) is 2.74. The fourth-order valence-corrected chi connectivity index (χ4v) is 2.09. The third-order valence-corrected chi connectivity index (χ3v) is 3.20. The molecule has 0 aromatic heterocycles. The number of phenolic OH excluding ortho intramolecular Hbond substituents is 1. The summed E-state index contributed by atoms with van der Waals surface area (Å²) >= 11 is 0. The number of methoxy groups -OCH3 is 1. The first-order valence-corrected chi connectivity index (χ1v) is 6.15. The molecule has 22 heavy (non-hydrogen) atoms. The Morgan fingerprint density at radius 3 is 2.64 bits per heavy atom. The molecule has 9 heteroatoms. The molecule has 1 aromatic rings. The molecule has 6 nitrogen and oxygen atoms in total. The molecule has 0 unspecified atom stereocenters. The van der Waals surface area contributed by atoms with Crippen molar-refractivity contribution in [1.82, 2.24) is 5.01 Å². The Morgan fingerprint density at radius 2 is 2.09 bits per heavy atom. The Balaban J connectivity index is 2.43. The van der Waals surface area contributed by atoms with Crippen LogP contribution in [0.1, 0.15) is 23.7 Å². The van der Waals surface area contributed by atoms with Crippen molar-refractivity contribution in [2.75, 3.05) is 7.11 Å². The Hall–Kier alpha value is -2.29. The highest BCUT2D eigenvalue weighted by Gasteiger charge is 2.62. The molecule has 0 saturated carbocycles. The fourth-order valence-electron chi connectivity index (χ4n) is 2.09. The van der Waals surface area contributed by atoms with Gasteiger partial charge in [0, 0.05) is 17.7 Å². The lowest BCUT2D eigenvalue weighted by Gasteiger charge is -2.32. The number of ether oxygens (including phenoxy) is 1. The van der Waals surface area contributed by atoms with Gasteiger partial charge in [0.05, 0.1) is 7.11 Å². The lowest BCUT2D eigenvalue weighted by Crippen LogP contribution is -2.56. The van der Waals surface area contributed by atoms with Crippen molar-refractivity contribution in [2.45, 2.75) is 25.2 Å². The molecule has 1 aliphatic heterocycles. The number of hydrogen-bond acceptors (Lipinski definition) is 5. The monoisotopic (exact) mass is 318 g/mol. The molecule has 2 rings (SSSR count). The summed E-state index contributed by atoms with van der Waals surface area (Å²) in [5.74, 6) is -1.51. The Morgan fingerprint density at radius 1 is 1.45 bits per heavy atom. The summed E-state index contributed by atoms with van der Waals surface area (Å²) in [5, 5.41) is 22.8. The van der Waals surface area contributed by atoms with Crippen LogP contribution >= 0.6 is 0 Å². The van der Waals surface area contributed by atoms with Crippen molar-refractivity contribution in [3.8, 4) is 11.5 Å². The number of carbonyl (C=O) groups excluding carboxylic acids is 1. The first-order valence-electron chi connectivity index (χ1n) is 6.15. The van der Waals surface area contributed by atoms with Crippen molar-refractivity contribution in [2.24, 2.45) is 5.10 Å². The molecule has 0 aliphatic carbocycles. The molecular weight excluding hydrogens is 305 g/mol.